The number of benzene rings is 5. The van der Waals surface area contributed by atoms with Crippen molar-refractivity contribution in [2.45, 2.75) is 30.9 Å². The van der Waals surface area contributed by atoms with Crippen LogP contribution in [0.1, 0.15) is 34.8 Å². The molecule has 6 rings (SSSR count). The molecule has 5 aromatic carbocycles. The number of aliphatic hydroxyl groups is 1. The van der Waals surface area contributed by atoms with E-state index in [2.05, 4.69) is 38.9 Å². The summed E-state index contributed by atoms with van der Waals surface area (Å²) in [4.78, 5) is 19.7. The van der Waals surface area contributed by atoms with Crippen LogP contribution in [0.4, 0.5) is 0 Å². The maximum absolute atomic E-state index is 14.6. The van der Waals surface area contributed by atoms with Crippen LogP contribution in [-0.4, -0.2) is 42.2 Å². The summed E-state index contributed by atoms with van der Waals surface area (Å²) in [5.74, 6) is 0.708. The highest BCUT2D eigenvalue weighted by molar-refractivity contribution is 9.10. The Hall–Kier alpha value is -4.47. The monoisotopic (exact) mass is 737 g/mol. The third kappa shape index (κ3) is 8.23. The number of hydrazine groups is 1. The van der Waals surface area contributed by atoms with Gasteiger partial charge >= 0.3 is 0 Å². The number of carbonyl (C=O) groups excluding carboxylic acids is 1. The normalized spacial score (nSPS) is 16.9. The van der Waals surface area contributed by atoms with Crippen LogP contribution in [0.5, 0.6) is 5.75 Å². The number of nitrogens with zero attached hydrogens (tertiary/aromatic N) is 1. The van der Waals surface area contributed by atoms with Crippen molar-refractivity contribution in [3.8, 4) is 16.9 Å². The zero-order valence-electron chi connectivity index (χ0n) is 26.8. The molecule has 9 heteroatoms. The van der Waals surface area contributed by atoms with E-state index in [4.69, 9.17) is 31.2 Å². The topological polar surface area (TPSA) is 92.2 Å². The largest absolute Gasteiger partial charge is 0.494 e. The lowest BCUT2D eigenvalue weighted by atomic mass is 9.82. The number of amides is 1. The summed E-state index contributed by atoms with van der Waals surface area (Å²) >= 11 is 10.1. The highest BCUT2D eigenvalue weighted by Crippen LogP contribution is 2.43. The predicted octanol–water partition coefficient (Wildman–Crippen LogP) is 7.89. The van der Waals surface area contributed by atoms with Gasteiger partial charge in [-0.15, -0.1) is 0 Å². The molecule has 1 amide bonds. The maximum Gasteiger partial charge on any atom is 0.266 e. The minimum atomic E-state index is -1.37. The molecule has 1 heterocycles. The highest BCUT2D eigenvalue weighted by atomic mass is 79.9. The van der Waals surface area contributed by atoms with E-state index in [9.17, 15) is 4.79 Å². The number of carbonyl (C=O) groups is 1. The van der Waals surface area contributed by atoms with Crippen LogP contribution in [0.25, 0.3) is 11.1 Å². The second-order valence-electron chi connectivity index (χ2n) is 11.8. The predicted molar refractivity (Wildman–Crippen MR) is 198 cm³/mol. The Balaban J connectivity index is 1.35. The number of ether oxygens (including phenoxy) is 2. The smallest absolute Gasteiger partial charge is 0.266 e. The third-order valence-electron chi connectivity index (χ3n) is 8.45. The zero-order valence-corrected chi connectivity index (χ0v) is 29.2. The van der Waals surface area contributed by atoms with Gasteiger partial charge in [0.15, 0.2) is 11.6 Å². The van der Waals surface area contributed by atoms with Crippen molar-refractivity contribution < 1.29 is 19.4 Å². The van der Waals surface area contributed by atoms with Crippen LogP contribution in [0.15, 0.2) is 137 Å². The van der Waals surface area contributed by atoms with Crippen molar-refractivity contribution in [1.29, 1.82) is 0 Å². The number of aliphatic imine (C=N–C) groups is 1. The molecule has 49 heavy (non-hydrogen) atoms. The number of hydrogen-bond donors (Lipinski definition) is 3. The van der Waals surface area contributed by atoms with E-state index >= 15 is 0 Å². The van der Waals surface area contributed by atoms with Gasteiger partial charge in [0.1, 0.15) is 5.75 Å². The molecule has 0 aromatic heterocycles. The van der Waals surface area contributed by atoms with Gasteiger partial charge in [0.05, 0.1) is 6.61 Å². The van der Waals surface area contributed by atoms with E-state index in [1.54, 1.807) is 0 Å². The Morgan fingerprint density at radius 2 is 1.49 bits per heavy atom. The summed E-state index contributed by atoms with van der Waals surface area (Å²) in [7, 11) is 0. The van der Waals surface area contributed by atoms with E-state index in [1.807, 2.05) is 115 Å². The number of rotatable bonds is 14. The van der Waals surface area contributed by atoms with Crippen molar-refractivity contribution in [1.82, 2.24) is 10.9 Å². The van der Waals surface area contributed by atoms with Crippen LogP contribution in [0.2, 0.25) is 5.02 Å². The molecule has 0 saturated heterocycles. The van der Waals surface area contributed by atoms with E-state index < -0.39 is 11.6 Å². The van der Waals surface area contributed by atoms with Gasteiger partial charge in [-0.2, -0.15) is 0 Å². The van der Waals surface area contributed by atoms with Crippen molar-refractivity contribution in [3.05, 3.63) is 159 Å². The van der Waals surface area contributed by atoms with Gasteiger partial charge in [-0.1, -0.05) is 119 Å². The van der Waals surface area contributed by atoms with Gasteiger partial charge in [0.25, 0.3) is 5.91 Å². The summed E-state index contributed by atoms with van der Waals surface area (Å²) < 4.78 is 13.3. The number of aliphatic hydroxyl groups excluding tert-OH is 1. The van der Waals surface area contributed by atoms with Crippen molar-refractivity contribution in [2.24, 2.45) is 4.99 Å². The molecular formula is C40H37BrClN3O4. The van der Waals surface area contributed by atoms with E-state index in [-0.39, 0.29) is 18.9 Å². The minimum absolute atomic E-state index is 0.0625. The Bertz CT molecular complexity index is 1890. The quantitative estimate of drug-likeness (QED) is 0.0797. The Kier molecular flexibility index (Phi) is 11.4. The van der Waals surface area contributed by atoms with Crippen LogP contribution in [0.3, 0.4) is 0 Å². The molecule has 0 fully saturated rings. The zero-order chi connectivity index (χ0) is 34.1. The molecule has 7 nitrogen and oxygen atoms in total. The molecule has 0 bridgehead atoms. The standard InChI is InChI=1S/C40H37BrClN3O4/c41-35-13-6-4-12-33(35)27-40(39(47)45-43-24-23-30-11-5-7-14-36(30)42)37(31-17-15-29(16-18-31)28-9-2-1-3-10-28)49-38(44-40)32-19-21-34(22-20-32)48-26-8-25-46/h1-7,9-22,37,43,46H,8,23-27H2,(H,45,47)/t37-,40-/m0/s1. The first-order valence-electron chi connectivity index (χ1n) is 16.2. The fourth-order valence-electron chi connectivity index (χ4n) is 5.84. The van der Waals surface area contributed by atoms with Crippen LogP contribution < -0.4 is 15.6 Å². The van der Waals surface area contributed by atoms with Crippen molar-refractivity contribution in [3.63, 3.8) is 0 Å². The molecule has 0 radical (unpaired) electrons. The van der Waals surface area contributed by atoms with E-state index in [0.717, 1.165) is 32.3 Å². The second kappa shape index (κ2) is 16.3. The molecule has 3 N–H and O–H groups in total. The summed E-state index contributed by atoms with van der Waals surface area (Å²) in [5, 5.41) is 9.80. The fourth-order valence-corrected chi connectivity index (χ4v) is 6.50. The van der Waals surface area contributed by atoms with Gasteiger partial charge < -0.3 is 14.6 Å². The third-order valence-corrected chi connectivity index (χ3v) is 9.59. The summed E-state index contributed by atoms with van der Waals surface area (Å²) in [6, 6.07) is 41.2. The average molecular weight is 739 g/mol. The lowest BCUT2D eigenvalue weighted by Gasteiger charge is -2.31. The molecule has 1 aliphatic heterocycles. The van der Waals surface area contributed by atoms with Crippen molar-refractivity contribution >= 4 is 39.3 Å². The minimum Gasteiger partial charge on any atom is -0.494 e. The fraction of sp³-hybridized carbons (Fsp3) is 0.200. The van der Waals surface area contributed by atoms with Gasteiger partial charge in [-0.25, -0.2) is 10.4 Å². The summed E-state index contributed by atoms with van der Waals surface area (Å²) in [6.07, 6.45) is 0.690. The molecular weight excluding hydrogens is 702 g/mol. The number of halogens is 2. The second-order valence-corrected chi connectivity index (χ2v) is 13.0. The SMILES string of the molecule is O=C(NNCCc1ccccc1Cl)[C@@]1(Cc2ccccc2Br)N=C(c2ccc(OCCCO)cc2)O[C@H]1c1ccc(-c2ccccc2)cc1. The molecule has 0 spiro atoms. The molecule has 0 aliphatic carbocycles. The number of hydrogen-bond acceptors (Lipinski definition) is 6. The van der Waals surface area contributed by atoms with Gasteiger partial charge in [0.2, 0.25) is 5.90 Å². The van der Waals surface area contributed by atoms with Crippen LogP contribution in [0, 0.1) is 0 Å². The molecule has 250 valence electrons. The summed E-state index contributed by atoms with van der Waals surface area (Å²) in [5.41, 5.74) is 10.3. The molecule has 5 aromatic rings. The van der Waals surface area contributed by atoms with Gasteiger partial charge in [-0.05, 0) is 70.6 Å². The van der Waals surface area contributed by atoms with Gasteiger partial charge in [0, 0.05) is 41.1 Å². The average Bonchev–Trinajstić information content (AvgIpc) is 3.53. The Morgan fingerprint density at radius 1 is 0.837 bits per heavy atom. The maximum atomic E-state index is 14.6. The first kappa shape index (κ1) is 34.4. The lowest BCUT2D eigenvalue weighted by Crippen LogP contribution is -2.54. The van der Waals surface area contributed by atoms with Gasteiger partial charge in [-0.3, -0.25) is 10.2 Å². The molecule has 2 atom stereocenters. The lowest BCUT2D eigenvalue weighted by molar-refractivity contribution is -0.130. The van der Waals surface area contributed by atoms with E-state index in [0.29, 0.717) is 48.2 Å². The molecule has 1 aliphatic rings. The van der Waals surface area contributed by atoms with Crippen LogP contribution in [-0.2, 0) is 22.4 Å². The Morgan fingerprint density at radius 3 is 2.20 bits per heavy atom. The van der Waals surface area contributed by atoms with Crippen LogP contribution >= 0.6 is 27.5 Å². The summed E-state index contributed by atoms with van der Waals surface area (Å²) in [6.45, 7) is 0.937. The first-order chi connectivity index (χ1) is 24.0. The highest BCUT2D eigenvalue weighted by Gasteiger charge is 2.53. The number of nitrogens with one attached hydrogen (secondary N) is 2. The first-order valence-corrected chi connectivity index (χ1v) is 17.4. The van der Waals surface area contributed by atoms with Crippen molar-refractivity contribution in [2.75, 3.05) is 19.8 Å². The van der Waals surface area contributed by atoms with E-state index in [1.165, 1.54) is 0 Å². The molecule has 0 saturated carbocycles. The molecule has 0 unspecified atom stereocenters. The Labute approximate surface area is 300 Å².